The molecule has 0 saturated carbocycles. The number of rotatable bonds is 2. The van der Waals surface area contributed by atoms with Crippen LogP contribution in [0.2, 0.25) is 0 Å². The maximum atomic E-state index is 12.9. The van der Waals surface area contributed by atoms with E-state index in [9.17, 15) is 18.3 Å². The van der Waals surface area contributed by atoms with Gasteiger partial charge in [-0.2, -0.15) is 13.2 Å². The number of nitrogens with zero attached hydrogens (tertiary/aromatic N) is 4. The van der Waals surface area contributed by atoms with E-state index in [0.717, 1.165) is 12.5 Å². The maximum Gasteiger partial charge on any atom is 0.433 e. The summed E-state index contributed by atoms with van der Waals surface area (Å²) in [6.45, 7) is 0.607. The third-order valence-corrected chi connectivity index (χ3v) is 3.14. The highest BCUT2D eigenvalue weighted by molar-refractivity contribution is 5.54. The Kier molecular flexibility index (Phi) is 3.28. The van der Waals surface area contributed by atoms with Gasteiger partial charge in [-0.1, -0.05) is 0 Å². The topological polar surface area (TPSA) is 75.3 Å². The monoisotopic (exact) mass is 300 g/mol. The molecule has 112 valence electrons. The molecule has 3 rings (SSSR count). The Bertz CT molecular complexity index is 630. The molecule has 1 unspecified atom stereocenters. The van der Waals surface area contributed by atoms with Crippen molar-refractivity contribution in [2.24, 2.45) is 0 Å². The second-order valence-corrected chi connectivity index (χ2v) is 4.69. The van der Waals surface area contributed by atoms with Crippen molar-refractivity contribution in [2.45, 2.75) is 18.7 Å². The Hall–Kier alpha value is -2.16. The van der Waals surface area contributed by atoms with Crippen molar-refractivity contribution in [1.29, 1.82) is 0 Å². The Morgan fingerprint density at radius 3 is 2.71 bits per heavy atom. The van der Waals surface area contributed by atoms with Crippen molar-refractivity contribution >= 4 is 5.95 Å². The fraction of sp³-hybridized carbons (Fsp3) is 0.417. The number of hydrogen-bond acceptors (Lipinski definition) is 6. The van der Waals surface area contributed by atoms with Crippen LogP contribution in [-0.2, 0) is 6.18 Å². The molecule has 1 saturated heterocycles. The second-order valence-electron chi connectivity index (χ2n) is 4.69. The number of hydrogen-bond donors (Lipinski definition) is 1. The van der Waals surface area contributed by atoms with Crippen molar-refractivity contribution in [3.8, 4) is 11.5 Å². The highest BCUT2D eigenvalue weighted by Crippen LogP contribution is 2.32. The molecule has 6 nitrogen and oxygen atoms in total. The minimum Gasteiger partial charge on any atom is -0.442 e. The molecule has 0 aromatic carbocycles. The van der Waals surface area contributed by atoms with Crippen molar-refractivity contribution in [3.63, 3.8) is 0 Å². The first-order valence-electron chi connectivity index (χ1n) is 6.21. The number of halogens is 3. The van der Waals surface area contributed by atoms with Crippen molar-refractivity contribution in [2.75, 3.05) is 18.0 Å². The number of aliphatic hydroxyl groups excluding tert-OH is 1. The van der Waals surface area contributed by atoms with Crippen LogP contribution in [0.4, 0.5) is 19.1 Å². The molecule has 9 heteroatoms. The van der Waals surface area contributed by atoms with E-state index in [1.54, 1.807) is 0 Å². The van der Waals surface area contributed by atoms with Gasteiger partial charge in [0, 0.05) is 13.1 Å². The predicted octanol–water partition coefficient (Wildman–Crippen LogP) is 1.72. The van der Waals surface area contributed by atoms with Crippen LogP contribution in [0.3, 0.4) is 0 Å². The molecule has 0 bridgehead atoms. The standard InChI is InChI=1S/C12H11F3N4O2/c13-12(14,15)10-3-8(9-4-16-6-21-9)17-11(18-10)19-2-1-7(20)5-19/h3-4,6-7,20H,1-2,5H2. The van der Waals surface area contributed by atoms with Gasteiger partial charge in [0.2, 0.25) is 5.95 Å². The van der Waals surface area contributed by atoms with Gasteiger partial charge < -0.3 is 14.4 Å². The molecule has 0 amide bonds. The molecule has 0 aliphatic carbocycles. The molecule has 1 fully saturated rings. The lowest BCUT2D eigenvalue weighted by Crippen LogP contribution is -2.25. The number of oxazole rings is 1. The lowest BCUT2D eigenvalue weighted by atomic mass is 10.2. The number of alkyl halides is 3. The zero-order chi connectivity index (χ0) is 15.0. The first-order chi connectivity index (χ1) is 9.93. The van der Waals surface area contributed by atoms with E-state index in [2.05, 4.69) is 15.0 Å². The van der Waals surface area contributed by atoms with E-state index >= 15 is 0 Å². The quantitative estimate of drug-likeness (QED) is 0.910. The van der Waals surface area contributed by atoms with E-state index in [1.165, 1.54) is 11.1 Å². The van der Waals surface area contributed by atoms with Crippen molar-refractivity contribution in [1.82, 2.24) is 15.0 Å². The molecule has 21 heavy (non-hydrogen) atoms. The van der Waals surface area contributed by atoms with Gasteiger partial charge in [0.05, 0.1) is 12.3 Å². The van der Waals surface area contributed by atoms with E-state index < -0.39 is 18.0 Å². The van der Waals surface area contributed by atoms with E-state index in [1.807, 2.05) is 0 Å². The Morgan fingerprint density at radius 1 is 1.33 bits per heavy atom. The maximum absolute atomic E-state index is 12.9. The molecule has 2 aromatic rings. The average molecular weight is 300 g/mol. The molecular weight excluding hydrogens is 289 g/mol. The Morgan fingerprint density at radius 2 is 2.14 bits per heavy atom. The summed E-state index contributed by atoms with van der Waals surface area (Å²) in [6.07, 6.45) is -2.31. The first kappa shape index (κ1) is 13.8. The zero-order valence-electron chi connectivity index (χ0n) is 10.7. The van der Waals surface area contributed by atoms with Crippen LogP contribution in [0.5, 0.6) is 0 Å². The molecule has 0 spiro atoms. The van der Waals surface area contributed by atoms with Crippen molar-refractivity contribution in [3.05, 3.63) is 24.4 Å². The number of aliphatic hydroxyl groups is 1. The molecule has 2 aromatic heterocycles. The Labute approximate surface area is 117 Å². The molecular formula is C12H11F3N4O2. The van der Waals surface area contributed by atoms with E-state index in [4.69, 9.17) is 4.42 Å². The van der Waals surface area contributed by atoms with Gasteiger partial charge in [0.15, 0.2) is 17.8 Å². The smallest absolute Gasteiger partial charge is 0.433 e. The lowest BCUT2D eigenvalue weighted by molar-refractivity contribution is -0.141. The van der Waals surface area contributed by atoms with Crippen molar-refractivity contribution < 1.29 is 22.7 Å². The van der Waals surface area contributed by atoms with Gasteiger partial charge in [0.1, 0.15) is 5.69 Å². The number of anilines is 1. The SMILES string of the molecule is OC1CCN(c2nc(-c3cnco3)cc(C(F)(F)F)n2)C1. The van der Waals surface area contributed by atoms with Crippen LogP contribution in [0.1, 0.15) is 12.1 Å². The highest BCUT2D eigenvalue weighted by atomic mass is 19.4. The third-order valence-electron chi connectivity index (χ3n) is 3.14. The third kappa shape index (κ3) is 2.82. The zero-order valence-corrected chi connectivity index (χ0v) is 10.7. The van der Waals surface area contributed by atoms with Crippen LogP contribution >= 0.6 is 0 Å². The molecule has 3 heterocycles. The Balaban J connectivity index is 2.05. The summed E-state index contributed by atoms with van der Waals surface area (Å²) in [4.78, 5) is 12.8. The molecule has 1 aliphatic rings. The molecule has 0 radical (unpaired) electrons. The summed E-state index contributed by atoms with van der Waals surface area (Å²) in [5.41, 5.74) is -1.05. The van der Waals surface area contributed by atoms with Gasteiger partial charge in [-0.25, -0.2) is 15.0 Å². The first-order valence-corrected chi connectivity index (χ1v) is 6.21. The molecule has 1 atom stereocenters. The van der Waals surface area contributed by atoms with Gasteiger partial charge in [0.25, 0.3) is 0 Å². The summed E-state index contributed by atoms with van der Waals surface area (Å²) in [6, 6.07) is 0.816. The summed E-state index contributed by atoms with van der Waals surface area (Å²) in [7, 11) is 0. The molecule has 1 N–H and O–H groups in total. The summed E-state index contributed by atoms with van der Waals surface area (Å²) >= 11 is 0. The van der Waals surface area contributed by atoms with Crippen LogP contribution in [0, 0.1) is 0 Å². The van der Waals surface area contributed by atoms with Crippen LogP contribution in [0.25, 0.3) is 11.5 Å². The number of aromatic nitrogens is 3. The average Bonchev–Trinajstić information content (AvgIpc) is 3.08. The second kappa shape index (κ2) is 4.99. The normalized spacial score (nSPS) is 19.2. The summed E-state index contributed by atoms with van der Waals surface area (Å²) in [5.74, 6) is 0.0525. The van der Waals surface area contributed by atoms with E-state index in [0.29, 0.717) is 13.0 Å². The largest absolute Gasteiger partial charge is 0.442 e. The summed E-state index contributed by atoms with van der Waals surface area (Å²) < 4.78 is 43.8. The molecule has 1 aliphatic heterocycles. The van der Waals surface area contributed by atoms with Gasteiger partial charge in [-0.15, -0.1) is 0 Å². The van der Waals surface area contributed by atoms with Gasteiger partial charge in [-0.3, -0.25) is 0 Å². The van der Waals surface area contributed by atoms with Gasteiger partial charge >= 0.3 is 6.18 Å². The fourth-order valence-corrected chi connectivity index (χ4v) is 2.11. The van der Waals surface area contributed by atoms with Gasteiger partial charge in [-0.05, 0) is 12.5 Å². The van der Waals surface area contributed by atoms with E-state index in [-0.39, 0.29) is 23.9 Å². The number of β-amino-alcohol motifs (C(OH)–C–C–N with tert-alkyl or cyclic N) is 1. The summed E-state index contributed by atoms with van der Waals surface area (Å²) in [5, 5.41) is 9.50. The van der Waals surface area contributed by atoms with Crippen LogP contribution < -0.4 is 4.90 Å². The highest BCUT2D eigenvalue weighted by Gasteiger charge is 2.35. The predicted molar refractivity (Wildman–Crippen MR) is 65.4 cm³/mol. The fourth-order valence-electron chi connectivity index (χ4n) is 2.11. The lowest BCUT2D eigenvalue weighted by Gasteiger charge is -2.17. The van der Waals surface area contributed by atoms with Crippen LogP contribution in [-0.4, -0.2) is 39.3 Å². The minimum atomic E-state index is -4.59. The minimum absolute atomic E-state index is 0.00575. The van der Waals surface area contributed by atoms with Crippen LogP contribution in [0.15, 0.2) is 23.1 Å².